The maximum absolute atomic E-state index is 13.7. The molecule has 36 heavy (non-hydrogen) atoms. The van der Waals surface area contributed by atoms with Crippen LogP contribution >= 0.6 is 0 Å². The molecule has 0 saturated heterocycles. The number of aromatic nitrogens is 2. The molecule has 0 spiro atoms. The first-order valence-corrected chi connectivity index (χ1v) is 11.0. The number of benzene rings is 4. The number of nitriles is 2. The number of hydrogen-bond donors (Lipinski definition) is 0. The minimum Gasteiger partial charge on any atom is -0.268 e. The SMILES string of the molecule is N#Cc1cc2nc3c4ccc5c6c(ccc(c(=O)n3c2cc1C#N)c64)C(=O)N(c1ccccc1)C5=O. The fourth-order valence-electron chi connectivity index (χ4n) is 5.18. The third kappa shape index (κ3) is 2.29. The van der Waals surface area contributed by atoms with Gasteiger partial charge >= 0.3 is 0 Å². The molecule has 7 rings (SSSR count). The predicted octanol–water partition coefficient (Wildman–Crippen LogP) is 4.14. The molecular weight excluding hydrogens is 454 g/mol. The van der Waals surface area contributed by atoms with Gasteiger partial charge in [-0.05, 0) is 48.5 Å². The summed E-state index contributed by atoms with van der Waals surface area (Å²) in [6, 6.07) is 22.2. The van der Waals surface area contributed by atoms with Crippen LogP contribution in [-0.4, -0.2) is 21.2 Å². The normalized spacial score (nSPS) is 13.1. The van der Waals surface area contributed by atoms with Crippen LogP contribution in [0, 0.1) is 22.7 Å². The summed E-state index contributed by atoms with van der Waals surface area (Å²) >= 11 is 0. The van der Waals surface area contributed by atoms with Crippen molar-refractivity contribution >= 4 is 55.7 Å². The standard InChI is InChI=1S/C28H11N5O3/c29-12-14-10-21-22(11-15(14)13-30)33-25(31-21)17-6-7-19-24-20(9-8-18(23(17)24)28(33)36)27(35)32(26(19)34)16-4-2-1-3-5-16/h1-11H. The van der Waals surface area contributed by atoms with Gasteiger partial charge in [0.25, 0.3) is 17.4 Å². The number of carbonyl (C=O) groups excluding carboxylic acids is 2. The van der Waals surface area contributed by atoms with Crippen molar-refractivity contribution in [2.24, 2.45) is 0 Å². The molecule has 6 aromatic rings. The summed E-state index contributed by atoms with van der Waals surface area (Å²) < 4.78 is 1.42. The summed E-state index contributed by atoms with van der Waals surface area (Å²) in [5, 5.41) is 20.7. The number of carbonyl (C=O) groups is 2. The average Bonchev–Trinajstić information content (AvgIpc) is 3.29. The van der Waals surface area contributed by atoms with E-state index in [1.165, 1.54) is 16.5 Å². The summed E-state index contributed by atoms with van der Waals surface area (Å²) in [6.45, 7) is 0. The van der Waals surface area contributed by atoms with Gasteiger partial charge in [0.2, 0.25) is 0 Å². The zero-order valence-corrected chi connectivity index (χ0v) is 18.3. The van der Waals surface area contributed by atoms with Crippen molar-refractivity contribution in [3.63, 3.8) is 0 Å². The summed E-state index contributed by atoms with van der Waals surface area (Å²) in [4.78, 5) is 46.4. The van der Waals surface area contributed by atoms with E-state index in [2.05, 4.69) is 4.98 Å². The van der Waals surface area contributed by atoms with Crippen molar-refractivity contribution in [1.29, 1.82) is 10.5 Å². The molecule has 0 unspecified atom stereocenters. The largest absolute Gasteiger partial charge is 0.268 e. The lowest BCUT2D eigenvalue weighted by Crippen LogP contribution is -2.40. The van der Waals surface area contributed by atoms with Gasteiger partial charge in [0.15, 0.2) is 0 Å². The number of fused-ring (bicyclic) bond motifs is 4. The number of imidazole rings is 1. The van der Waals surface area contributed by atoms with Crippen molar-refractivity contribution < 1.29 is 9.59 Å². The third-order valence-corrected chi connectivity index (χ3v) is 6.75. The van der Waals surface area contributed by atoms with Gasteiger partial charge in [0.1, 0.15) is 17.8 Å². The van der Waals surface area contributed by atoms with E-state index in [1.807, 2.05) is 12.1 Å². The van der Waals surface area contributed by atoms with Crippen LogP contribution in [0.2, 0.25) is 0 Å². The number of para-hydroxylation sites is 1. The molecule has 8 nitrogen and oxygen atoms in total. The molecule has 1 aliphatic heterocycles. The molecule has 0 radical (unpaired) electrons. The van der Waals surface area contributed by atoms with Crippen LogP contribution in [0.5, 0.6) is 0 Å². The zero-order chi connectivity index (χ0) is 24.7. The molecular formula is C28H11N5O3. The molecule has 3 heterocycles. The Bertz CT molecular complexity index is 2110. The molecule has 166 valence electrons. The van der Waals surface area contributed by atoms with Gasteiger partial charge in [0, 0.05) is 32.7 Å². The molecule has 0 saturated carbocycles. The highest BCUT2D eigenvalue weighted by atomic mass is 16.2. The Kier molecular flexibility index (Phi) is 3.70. The smallest absolute Gasteiger partial charge is 0.265 e. The second-order valence-corrected chi connectivity index (χ2v) is 8.54. The lowest BCUT2D eigenvalue weighted by atomic mass is 9.90. The first-order chi connectivity index (χ1) is 17.5. The molecule has 0 atom stereocenters. The number of imide groups is 1. The molecule has 2 amide bonds. The van der Waals surface area contributed by atoms with E-state index < -0.39 is 11.8 Å². The van der Waals surface area contributed by atoms with Crippen LogP contribution in [-0.2, 0) is 0 Å². The third-order valence-electron chi connectivity index (χ3n) is 6.75. The molecule has 0 aliphatic carbocycles. The second-order valence-electron chi connectivity index (χ2n) is 8.54. The number of hydrogen-bond acceptors (Lipinski definition) is 6. The topological polar surface area (TPSA) is 119 Å². The van der Waals surface area contributed by atoms with E-state index in [4.69, 9.17) is 0 Å². The van der Waals surface area contributed by atoms with Crippen molar-refractivity contribution in [1.82, 2.24) is 9.38 Å². The maximum Gasteiger partial charge on any atom is 0.265 e. The average molecular weight is 465 g/mol. The van der Waals surface area contributed by atoms with E-state index in [1.54, 1.807) is 54.6 Å². The first kappa shape index (κ1) is 19.8. The molecule has 1 aliphatic rings. The van der Waals surface area contributed by atoms with Crippen LogP contribution in [0.4, 0.5) is 5.69 Å². The second kappa shape index (κ2) is 6.72. The first-order valence-electron chi connectivity index (χ1n) is 11.0. The number of pyridine rings is 1. The molecule has 4 aromatic carbocycles. The Hall–Kier alpha value is -5.60. The van der Waals surface area contributed by atoms with E-state index in [9.17, 15) is 24.9 Å². The van der Waals surface area contributed by atoms with Crippen LogP contribution in [0.3, 0.4) is 0 Å². The number of nitrogens with zero attached hydrogens (tertiary/aromatic N) is 5. The lowest BCUT2D eigenvalue weighted by molar-refractivity contribution is 0.0893. The molecule has 0 N–H and O–H groups in total. The van der Waals surface area contributed by atoms with Crippen molar-refractivity contribution in [2.45, 2.75) is 0 Å². The van der Waals surface area contributed by atoms with Crippen molar-refractivity contribution in [3.05, 3.63) is 99.3 Å². The fraction of sp³-hybridized carbons (Fsp3) is 0. The lowest BCUT2D eigenvalue weighted by Gasteiger charge is -2.27. The van der Waals surface area contributed by atoms with E-state index in [-0.39, 0.29) is 16.7 Å². The highest BCUT2D eigenvalue weighted by molar-refractivity contribution is 6.38. The molecule has 2 aromatic heterocycles. The van der Waals surface area contributed by atoms with Gasteiger partial charge < -0.3 is 0 Å². The van der Waals surface area contributed by atoms with Gasteiger partial charge in [-0.1, -0.05) is 18.2 Å². The number of amides is 2. The van der Waals surface area contributed by atoms with Gasteiger partial charge in [0.05, 0.1) is 27.8 Å². The van der Waals surface area contributed by atoms with Crippen molar-refractivity contribution in [3.8, 4) is 12.1 Å². The number of rotatable bonds is 1. The van der Waals surface area contributed by atoms with Crippen LogP contribution in [0.25, 0.3) is 38.2 Å². The summed E-state index contributed by atoms with van der Waals surface area (Å²) in [5.41, 5.74) is 2.17. The van der Waals surface area contributed by atoms with Crippen LogP contribution < -0.4 is 10.5 Å². The van der Waals surface area contributed by atoms with Gasteiger partial charge in [-0.25, -0.2) is 9.88 Å². The quantitative estimate of drug-likeness (QED) is 0.337. The Morgan fingerprint density at radius 2 is 1.36 bits per heavy atom. The predicted molar refractivity (Wildman–Crippen MR) is 132 cm³/mol. The van der Waals surface area contributed by atoms with Gasteiger partial charge in [-0.15, -0.1) is 0 Å². The fourth-order valence-corrected chi connectivity index (χ4v) is 5.18. The number of anilines is 1. The minimum absolute atomic E-state index is 0.147. The van der Waals surface area contributed by atoms with E-state index in [0.29, 0.717) is 55.0 Å². The Morgan fingerprint density at radius 3 is 2.03 bits per heavy atom. The molecule has 0 bridgehead atoms. The molecule has 0 fully saturated rings. The molecule has 8 heteroatoms. The van der Waals surface area contributed by atoms with E-state index >= 15 is 0 Å². The van der Waals surface area contributed by atoms with Crippen LogP contribution in [0.15, 0.2) is 71.5 Å². The Morgan fingerprint density at radius 1 is 0.722 bits per heavy atom. The summed E-state index contributed by atoms with van der Waals surface area (Å²) in [6.07, 6.45) is 0. The van der Waals surface area contributed by atoms with Gasteiger partial charge in [-0.3, -0.25) is 18.8 Å². The maximum atomic E-state index is 13.7. The van der Waals surface area contributed by atoms with E-state index in [0.717, 1.165) is 4.90 Å². The van der Waals surface area contributed by atoms with Gasteiger partial charge in [-0.2, -0.15) is 10.5 Å². The Labute approximate surface area is 201 Å². The highest BCUT2D eigenvalue weighted by Crippen LogP contribution is 2.38. The van der Waals surface area contributed by atoms with Crippen LogP contribution in [0.1, 0.15) is 31.8 Å². The summed E-state index contributed by atoms with van der Waals surface area (Å²) in [5.74, 6) is -0.933. The minimum atomic E-state index is -0.466. The highest BCUT2D eigenvalue weighted by Gasteiger charge is 2.35. The monoisotopic (exact) mass is 465 g/mol. The summed E-state index contributed by atoms with van der Waals surface area (Å²) in [7, 11) is 0. The zero-order valence-electron chi connectivity index (χ0n) is 18.3. The van der Waals surface area contributed by atoms with Crippen molar-refractivity contribution in [2.75, 3.05) is 4.90 Å². The Balaban J connectivity index is 1.62.